The average Bonchev–Trinajstić information content (AvgIpc) is 2.66. The van der Waals surface area contributed by atoms with Gasteiger partial charge in [0, 0.05) is 33.2 Å². The van der Waals surface area contributed by atoms with Gasteiger partial charge in [0.15, 0.2) is 0 Å². The summed E-state index contributed by atoms with van der Waals surface area (Å²) in [5, 5.41) is 0. The molecule has 1 saturated heterocycles. The summed E-state index contributed by atoms with van der Waals surface area (Å²) in [6, 6.07) is 4.65. The van der Waals surface area contributed by atoms with Crippen LogP contribution in [0, 0.1) is 0 Å². The molecule has 1 heterocycles. The SMILES string of the molecule is CCOC(=O)N1CCN(C(=O)c2cc(N(C)S(C)(=O)=O)ccc2OC)CC1. The number of hydrogen-bond acceptors (Lipinski definition) is 6. The highest BCUT2D eigenvalue weighted by atomic mass is 32.2. The van der Waals surface area contributed by atoms with Crippen molar-refractivity contribution in [1.82, 2.24) is 9.80 Å². The number of rotatable bonds is 5. The van der Waals surface area contributed by atoms with Gasteiger partial charge in [-0.1, -0.05) is 0 Å². The first-order valence-corrected chi connectivity index (χ1v) is 10.4. The van der Waals surface area contributed by atoms with E-state index in [0.29, 0.717) is 44.2 Å². The molecule has 27 heavy (non-hydrogen) atoms. The fourth-order valence-electron chi connectivity index (χ4n) is 2.73. The molecule has 1 aromatic rings. The summed E-state index contributed by atoms with van der Waals surface area (Å²) < 4.78 is 34.9. The fourth-order valence-corrected chi connectivity index (χ4v) is 3.22. The van der Waals surface area contributed by atoms with Crippen molar-refractivity contribution < 1.29 is 27.5 Å². The molecular weight excluding hydrogens is 374 g/mol. The van der Waals surface area contributed by atoms with Crippen LogP contribution in [0.2, 0.25) is 0 Å². The molecule has 0 N–H and O–H groups in total. The molecule has 1 aliphatic heterocycles. The molecule has 0 atom stereocenters. The Labute approximate surface area is 159 Å². The number of hydrogen-bond donors (Lipinski definition) is 0. The Bertz CT molecular complexity index is 803. The van der Waals surface area contributed by atoms with Crippen LogP contribution in [-0.2, 0) is 14.8 Å². The highest BCUT2D eigenvalue weighted by molar-refractivity contribution is 7.92. The van der Waals surface area contributed by atoms with Crippen LogP contribution >= 0.6 is 0 Å². The van der Waals surface area contributed by atoms with Crippen LogP contribution in [0.15, 0.2) is 18.2 Å². The molecule has 0 spiro atoms. The zero-order valence-electron chi connectivity index (χ0n) is 16.0. The van der Waals surface area contributed by atoms with E-state index >= 15 is 0 Å². The Morgan fingerprint density at radius 3 is 2.26 bits per heavy atom. The van der Waals surface area contributed by atoms with Gasteiger partial charge in [-0.05, 0) is 25.1 Å². The number of amides is 2. The van der Waals surface area contributed by atoms with Crippen molar-refractivity contribution >= 4 is 27.7 Å². The van der Waals surface area contributed by atoms with Crippen molar-refractivity contribution in [3.05, 3.63) is 23.8 Å². The summed E-state index contributed by atoms with van der Waals surface area (Å²) in [6.07, 6.45) is 0.701. The van der Waals surface area contributed by atoms with Crippen LogP contribution in [0.3, 0.4) is 0 Å². The minimum absolute atomic E-state index is 0.273. The second-order valence-corrected chi connectivity index (χ2v) is 8.11. The third-order valence-corrected chi connectivity index (χ3v) is 5.57. The van der Waals surface area contributed by atoms with Gasteiger partial charge in [-0.15, -0.1) is 0 Å². The molecule has 0 radical (unpaired) electrons. The first kappa shape index (κ1) is 20.8. The maximum absolute atomic E-state index is 12.9. The number of methoxy groups -OCH3 is 1. The zero-order chi connectivity index (χ0) is 20.2. The van der Waals surface area contributed by atoms with Crippen molar-refractivity contribution in [2.24, 2.45) is 0 Å². The van der Waals surface area contributed by atoms with E-state index in [1.165, 1.54) is 20.2 Å². The molecule has 0 aliphatic carbocycles. The number of piperazine rings is 1. The number of benzene rings is 1. The van der Waals surface area contributed by atoms with Gasteiger partial charge in [-0.3, -0.25) is 9.10 Å². The minimum atomic E-state index is -3.46. The Morgan fingerprint density at radius 2 is 1.74 bits per heavy atom. The van der Waals surface area contributed by atoms with E-state index in [4.69, 9.17) is 9.47 Å². The van der Waals surface area contributed by atoms with Crippen LogP contribution in [-0.4, -0.2) is 83.4 Å². The van der Waals surface area contributed by atoms with Crippen LogP contribution in [0.1, 0.15) is 17.3 Å². The van der Waals surface area contributed by atoms with Gasteiger partial charge < -0.3 is 19.3 Å². The highest BCUT2D eigenvalue weighted by Gasteiger charge is 2.27. The van der Waals surface area contributed by atoms with Crippen LogP contribution in [0.4, 0.5) is 10.5 Å². The molecular formula is C17H25N3O6S. The Morgan fingerprint density at radius 1 is 1.15 bits per heavy atom. The molecule has 2 amide bonds. The van der Waals surface area contributed by atoms with E-state index in [-0.39, 0.29) is 17.6 Å². The van der Waals surface area contributed by atoms with Crippen molar-refractivity contribution in [3.63, 3.8) is 0 Å². The lowest BCUT2D eigenvalue weighted by Gasteiger charge is -2.34. The topological polar surface area (TPSA) is 96.5 Å². The molecule has 0 aromatic heterocycles. The lowest BCUT2D eigenvalue weighted by Crippen LogP contribution is -2.50. The number of anilines is 1. The largest absolute Gasteiger partial charge is 0.496 e. The minimum Gasteiger partial charge on any atom is -0.496 e. The predicted octanol–water partition coefficient (Wildman–Crippen LogP) is 1.01. The number of ether oxygens (including phenoxy) is 2. The van der Waals surface area contributed by atoms with E-state index in [1.54, 1.807) is 28.9 Å². The highest BCUT2D eigenvalue weighted by Crippen LogP contribution is 2.27. The second-order valence-electron chi connectivity index (χ2n) is 6.09. The smallest absolute Gasteiger partial charge is 0.409 e. The lowest BCUT2D eigenvalue weighted by molar-refractivity contribution is 0.0568. The summed E-state index contributed by atoms with van der Waals surface area (Å²) >= 11 is 0. The normalized spacial score (nSPS) is 14.7. The van der Waals surface area contributed by atoms with Crippen LogP contribution < -0.4 is 9.04 Å². The van der Waals surface area contributed by atoms with Crippen LogP contribution in [0.25, 0.3) is 0 Å². The molecule has 2 rings (SSSR count). The number of carbonyl (C=O) groups excluding carboxylic acids is 2. The predicted molar refractivity (Wildman–Crippen MR) is 101 cm³/mol. The second kappa shape index (κ2) is 8.47. The maximum Gasteiger partial charge on any atom is 0.409 e. The van der Waals surface area contributed by atoms with Crippen LogP contribution in [0.5, 0.6) is 5.75 Å². The quantitative estimate of drug-likeness (QED) is 0.733. The van der Waals surface area contributed by atoms with Gasteiger partial charge in [0.2, 0.25) is 10.0 Å². The van der Waals surface area contributed by atoms with Gasteiger partial charge in [0.1, 0.15) is 5.75 Å². The third-order valence-electron chi connectivity index (χ3n) is 4.37. The molecule has 0 saturated carbocycles. The molecule has 9 nitrogen and oxygen atoms in total. The van der Waals surface area contributed by atoms with Crippen molar-refractivity contribution in [3.8, 4) is 5.75 Å². The number of sulfonamides is 1. The summed E-state index contributed by atoms with van der Waals surface area (Å²) in [5.41, 5.74) is 0.641. The van der Waals surface area contributed by atoms with E-state index in [9.17, 15) is 18.0 Å². The first-order valence-electron chi connectivity index (χ1n) is 8.52. The molecule has 150 valence electrons. The third kappa shape index (κ3) is 4.82. The van der Waals surface area contributed by atoms with Gasteiger partial charge in [0.25, 0.3) is 5.91 Å². The van der Waals surface area contributed by atoms with E-state index in [2.05, 4.69) is 0 Å². The van der Waals surface area contributed by atoms with Gasteiger partial charge >= 0.3 is 6.09 Å². The molecule has 1 aliphatic rings. The monoisotopic (exact) mass is 399 g/mol. The number of nitrogens with zero attached hydrogens (tertiary/aromatic N) is 3. The van der Waals surface area contributed by atoms with Gasteiger partial charge in [0.05, 0.1) is 31.2 Å². The van der Waals surface area contributed by atoms with Gasteiger partial charge in [-0.25, -0.2) is 13.2 Å². The standard InChI is InChI=1S/C17H25N3O6S/c1-5-26-17(22)20-10-8-19(9-11-20)16(21)14-12-13(6-7-15(14)25-3)18(2)27(4,23)24/h6-7,12H,5,8-11H2,1-4H3. The Balaban J connectivity index is 2.19. The van der Waals surface area contributed by atoms with Crippen molar-refractivity contribution in [2.45, 2.75) is 6.92 Å². The maximum atomic E-state index is 12.9. The molecule has 0 bridgehead atoms. The van der Waals surface area contributed by atoms with E-state index in [1.807, 2.05) is 0 Å². The van der Waals surface area contributed by atoms with Crippen molar-refractivity contribution in [1.29, 1.82) is 0 Å². The lowest BCUT2D eigenvalue weighted by atomic mass is 10.1. The van der Waals surface area contributed by atoms with Gasteiger partial charge in [-0.2, -0.15) is 0 Å². The summed E-state index contributed by atoms with van der Waals surface area (Å²) in [6.45, 7) is 3.49. The summed E-state index contributed by atoms with van der Waals surface area (Å²) in [7, 11) is -0.586. The first-order chi connectivity index (χ1) is 12.7. The molecule has 1 fully saturated rings. The van der Waals surface area contributed by atoms with Crippen molar-refractivity contribution in [2.75, 3.05) is 57.5 Å². The molecule has 10 heteroatoms. The average molecular weight is 399 g/mol. The zero-order valence-corrected chi connectivity index (χ0v) is 16.8. The number of carbonyl (C=O) groups is 2. The Hall–Kier alpha value is -2.49. The van der Waals surface area contributed by atoms with E-state index < -0.39 is 10.0 Å². The molecule has 1 aromatic carbocycles. The summed E-state index contributed by atoms with van der Waals surface area (Å²) in [5.74, 6) is 0.0811. The van der Waals surface area contributed by atoms with E-state index in [0.717, 1.165) is 10.6 Å². The summed E-state index contributed by atoms with van der Waals surface area (Å²) in [4.78, 5) is 27.9. The fraction of sp³-hybridized carbons (Fsp3) is 0.529. The molecule has 0 unspecified atom stereocenters. The Kier molecular flexibility index (Phi) is 6.53.